The minimum Gasteiger partial charge on any atom is -0.444 e. The van der Waals surface area contributed by atoms with Crippen molar-refractivity contribution >= 4 is 12.0 Å². The molecule has 0 spiro atoms. The van der Waals surface area contributed by atoms with Crippen LogP contribution in [0.4, 0.5) is 13.6 Å². The zero-order valence-corrected chi connectivity index (χ0v) is 19.2. The Bertz CT molecular complexity index is 761. The normalized spacial score (nSPS) is 21.0. The number of hydrogen-bond donors (Lipinski definition) is 1. The number of methoxy groups -OCH3 is 1. The quantitative estimate of drug-likeness (QED) is 0.698. The van der Waals surface area contributed by atoms with Crippen molar-refractivity contribution in [1.82, 2.24) is 10.2 Å². The van der Waals surface area contributed by atoms with E-state index in [2.05, 4.69) is 5.32 Å². The van der Waals surface area contributed by atoms with Gasteiger partial charge in [-0.25, -0.2) is 13.6 Å². The van der Waals surface area contributed by atoms with Gasteiger partial charge in [0.25, 0.3) is 0 Å². The second-order valence-corrected chi connectivity index (χ2v) is 9.27. The van der Waals surface area contributed by atoms with Crippen LogP contribution in [0.3, 0.4) is 0 Å². The Balaban J connectivity index is 2.02. The van der Waals surface area contributed by atoms with Gasteiger partial charge in [-0.2, -0.15) is 0 Å². The largest absolute Gasteiger partial charge is 0.444 e. The van der Waals surface area contributed by atoms with Crippen LogP contribution in [0.15, 0.2) is 18.2 Å². The third-order valence-electron chi connectivity index (χ3n) is 5.47. The molecule has 31 heavy (non-hydrogen) atoms. The fraction of sp³-hybridized carbons (Fsp3) is 0.652. The van der Waals surface area contributed by atoms with Gasteiger partial charge in [0.05, 0.1) is 18.1 Å². The van der Waals surface area contributed by atoms with E-state index < -0.39 is 35.4 Å². The number of rotatable bonds is 7. The van der Waals surface area contributed by atoms with Gasteiger partial charge < -0.3 is 19.7 Å². The summed E-state index contributed by atoms with van der Waals surface area (Å²) >= 11 is 0. The molecule has 0 aliphatic carbocycles. The Morgan fingerprint density at radius 2 is 1.87 bits per heavy atom. The summed E-state index contributed by atoms with van der Waals surface area (Å²) in [5.41, 5.74) is -0.680. The third-order valence-corrected chi connectivity index (χ3v) is 5.47. The zero-order valence-electron chi connectivity index (χ0n) is 19.2. The highest BCUT2D eigenvalue weighted by atomic mass is 19.1. The Labute approximate surface area is 183 Å². The van der Waals surface area contributed by atoms with Crippen molar-refractivity contribution in [2.45, 2.75) is 65.2 Å². The Kier molecular flexibility index (Phi) is 8.40. The molecule has 1 N–H and O–H groups in total. The lowest BCUT2D eigenvalue weighted by Crippen LogP contribution is -2.50. The minimum absolute atomic E-state index is 0.0408. The fourth-order valence-corrected chi connectivity index (χ4v) is 4.01. The maximum Gasteiger partial charge on any atom is 0.410 e. The molecule has 4 atom stereocenters. The molecular weight excluding hydrogens is 406 g/mol. The predicted octanol–water partition coefficient (Wildman–Crippen LogP) is 3.92. The fourth-order valence-electron chi connectivity index (χ4n) is 4.01. The lowest BCUT2D eigenvalue weighted by Gasteiger charge is -2.34. The van der Waals surface area contributed by atoms with Gasteiger partial charge in [-0.15, -0.1) is 0 Å². The SMILES string of the molecule is CO[C@H]([C@@H](C)C(=O)NCCc1c(F)cccc1F)[C@@H]1C[C@H](C)CN1C(=O)OC(C)(C)C. The lowest BCUT2D eigenvalue weighted by molar-refractivity contribution is -0.130. The van der Waals surface area contributed by atoms with Crippen LogP contribution in [0.1, 0.15) is 46.6 Å². The number of carbonyl (C=O) groups excluding carboxylic acids is 2. The average Bonchev–Trinajstić information content (AvgIpc) is 3.04. The molecule has 8 heteroatoms. The molecule has 1 saturated heterocycles. The summed E-state index contributed by atoms with van der Waals surface area (Å²) in [5.74, 6) is -1.90. The number of benzene rings is 1. The van der Waals surface area contributed by atoms with Gasteiger partial charge in [0.2, 0.25) is 5.91 Å². The molecule has 2 rings (SSSR count). The molecule has 174 valence electrons. The first-order valence-corrected chi connectivity index (χ1v) is 10.7. The summed E-state index contributed by atoms with van der Waals surface area (Å²) in [6.07, 6.45) is -0.233. The Morgan fingerprint density at radius 3 is 2.42 bits per heavy atom. The molecule has 0 unspecified atom stereocenters. The van der Waals surface area contributed by atoms with Crippen LogP contribution in [0, 0.1) is 23.5 Å². The second kappa shape index (κ2) is 10.4. The van der Waals surface area contributed by atoms with E-state index in [1.54, 1.807) is 11.8 Å². The Morgan fingerprint density at radius 1 is 1.26 bits per heavy atom. The number of nitrogens with zero attached hydrogens (tertiary/aromatic N) is 1. The number of ether oxygens (including phenoxy) is 2. The van der Waals surface area contributed by atoms with E-state index in [0.29, 0.717) is 13.0 Å². The zero-order chi connectivity index (χ0) is 23.3. The summed E-state index contributed by atoms with van der Waals surface area (Å²) in [6, 6.07) is 3.38. The first-order valence-electron chi connectivity index (χ1n) is 10.7. The smallest absolute Gasteiger partial charge is 0.410 e. The van der Waals surface area contributed by atoms with E-state index in [-0.39, 0.29) is 36.4 Å². The summed E-state index contributed by atoms with van der Waals surface area (Å²) in [4.78, 5) is 27.1. The highest BCUT2D eigenvalue weighted by molar-refractivity contribution is 5.79. The van der Waals surface area contributed by atoms with Gasteiger partial charge in [0.1, 0.15) is 17.2 Å². The number of nitrogens with one attached hydrogen (secondary N) is 1. The molecule has 0 aromatic heterocycles. The predicted molar refractivity (Wildman–Crippen MR) is 114 cm³/mol. The molecule has 1 heterocycles. The maximum absolute atomic E-state index is 13.8. The highest BCUT2D eigenvalue weighted by Crippen LogP contribution is 2.31. The maximum atomic E-state index is 13.8. The third kappa shape index (κ3) is 6.63. The minimum atomic E-state index is -0.634. The van der Waals surface area contributed by atoms with Crippen LogP contribution in [0.2, 0.25) is 0 Å². The lowest BCUT2D eigenvalue weighted by atomic mass is 9.93. The number of carbonyl (C=O) groups is 2. The van der Waals surface area contributed by atoms with Crippen molar-refractivity contribution in [3.05, 3.63) is 35.4 Å². The van der Waals surface area contributed by atoms with Crippen LogP contribution < -0.4 is 5.32 Å². The second-order valence-electron chi connectivity index (χ2n) is 9.27. The van der Waals surface area contributed by atoms with Crippen molar-refractivity contribution in [3.63, 3.8) is 0 Å². The average molecular weight is 441 g/mol. The van der Waals surface area contributed by atoms with Crippen LogP contribution in [-0.2, 0) is 20.7 Å². The van der Waals surface area contributed by atoms with E-state index in [4.69, 9.17) is 9.47 Å². The molecule has 0 saturated carbocycles. The van der Waals surface area contributed by atoms with E-state index in [1.807, 2.05) is 27.7 Å². The van der Waals surface area contributed by atoms with E-state index in [0.717, 1.165) is 0 Å². The van der Waals surface area contributed by atoms with Crippen LogP contribution in [-0.4, -0.2) is 54.8 Å². The molecule has 2 amide bonds. The molecule has 0 radical (unpaired) electrons. The monoisotopic (exact) mass is 440 g/mol. The van der Waals surface area contributed by atoms with Crippen molar-refractivity contribution in [2.75, 3.05) is 20.2 Å². The molecule has 0 bridgehead atoms. The van der Waals surface area contributed by atoms with E-state index >= 15 is 0 Å². The molecule has 6 nitrogen and oxygen atoms in total. The van der Waals surface area contributed by atoms with Gasteiger partial charge in [-0.3, -0.25) is 4.79 Å². The Hall–Kier alpha value is -2.22. The number of likely N-dealkylation sites (tertiary alicyclic amines) is 1. The van der Waals surface area contributed by atoms with Crippen LogP contribution in [0.5, 0.6) is 0 Å². The first kappa shape index (κ1) is 25.0. The standard InChI is InChI=1S/C23H34F2N2O4/c1-14-12-19(27(13-14)22(29)31-23(3,4)5)20(30-6)15(2)21(28)26-11-10-16-17(24)8-7-9-18(16)25/h7-9,14-15,19-20H,10-13H2,1-6H3,(H,26,28)/t14-,15+,19-,20+/m0/s1. The van der Waals surface area contributed by atoms with Gasteiger partial charge in [-0.1, -0.05) is 19.9 Å². The molecule has 1 aliphatic heterocycles. The molecular formula is C23H34F2N2O4. The van der Waals surface area contributed by atoms with Crippen LogP contribution in [0.25, 0.3) is 0 Å². The van der Waals surface area contributed by atoms with E-state index in [9.17, 15) is 18.4 Å². The van der Waals surface area contributed by atoms with Gasteiger partial charge in [0.15, 0.2) is 0 Å². The first-order chi connectivity index (χ1) is 14.4. The topological polar surface area (TPSA) is 67.9 Å². The number of amides is 2. The van der Waals surface area contributed by atoms with Gasteiger partial charge >= 0.3 is 6.09 Å². The van der Waals surface area contributed by atoms with Crippen molar-refractivity contribution in [2.24, 2.45) is 11.8 Å². The summed E-state index contributed by atoms with van der Waals surface area (Å²) < 4.78 is 38.7. The summed E-state index contributed by atoms with van der Waals surface area (Å²) in [6.45, 7) is 9.81. The van der Waals surface area contributed by atoms with Gasteiger partial charge in [0, 0.05) is 25.8 Å². The van der Waals surface area contributed by atoms with Crippen molar-refractivity contribution in [1.29, 1.82) is 0 Å². The molecule has 1 aromatic rings. The number of halogens is 2. The summed E-state index contributed by atoms with van der Waals surface area (Å²) in [5, 5.41) is 2.73. The van der Waals surface area contributed by atoms with Crippen molar-refractivity contribution in [3.8, 4) is 0 Å². The van der Waals surface area contributed by atoms with Gasteiger partial charge in [-0.05, 0) is 51.7 Å². The molecule has 1 aromatic carbocycles. The van der Waals surface area contributed by atoms with E-state index in [1.165, 1.54) is 25.3 Å². The highest BCUT2D eigenvalue weighted by Gasteiger charge is 2.43. The number of hydrogen-bond acceptors (Lipinski definition) is 4. The molecule has 1 fully saturated rings. The molecule has 1 aliphatic rings. The summed E-state index contributed by atoms with van der Waals surface area (Å²) in [7, 11) is 1.51. The van der Waals surface area contributed by atoms with Crippen LogP contribution >= 0.6 is 0 Å². The van der Waals surface area contributed by atoms with Crippen molar-refractivity contribution < 1.29 is 27.8 Å².